The van der Waals surface area contributed by atoms with E-state index in [4.69, 9.17) is 16.3 Å². The molecule has 1 amide bonds. The van der Waals surface area contributed by atoms with Crippen LogP contribution in [0.5, 0.6) is 0 Å². The second kappa shape index (κ2) is 6.41. The Hall–Kier alpha value is -1.33. The predicted molar refractivity (Wildman–Crippen MR) is 79.3 cm³/mol. The summed E-state index contributed by atoms with van der Waals surface area (Å²) in [5.41, 5.74) is -0.0875. The molecule has 6 heteroatoms. The van der Waals surface area contributed by atoms with Crippen LogP contribution in [0.2, 0.25) is 5.02 Å². The third-order valence-corrected chi connectivity index (χ3v) is 3.56. The van der Waals surface area contributed by atoms with E-state index >= 15 is 0 Å². The van der Waals surface area contributed by atoms with Crippen molar-refractivity contribution in [2.45, 2.75) is 32.2 Å². The SMILES string of the molecule is CCCNc1ccc(Cl)c(C(=O)NC2(C)CCOC2)n1. The fourth-order valence-electron chi connectivity index (χ4n) is 2.05. The number of ether oxygens (including phenoxy) is 1. The molecule has 5 nitrogen and oxygen atoms in total. The molecule has 0 spiro atoms. The molecule has 2 rings (SSSR count). The summed E-state index contributed by atoms with van der Waals surface area (Å²) in [5.74, 6) is 0.400. The van der Waals surface area contributed by atoms with Crippen molar-refractivity contribution in [1.82, 2.24) is 10.3 Å². The maximum absolute atomic E-state index is 12.3. The lowest BCUT2D eigenvalue weighted by Gasteiger charge is -2.23. The number of nitrogens with one attached hydrogen (secondary N) is 2. The quantitative estimate of drug-likeness (QED) is 0.876. The summed E-state index contributed by atoms with van der Waals surface area (Å²) in [6, 6.07) is 3.46. The van der Waals surface area contributed by atoms with E-state index in [1.165, 1.54) is 0 Å². The van der Waals surface area contributed by atoms with Crippen LogP contribution in [0.1, 0.15) is 37.2 Å². The van der Waals surface area contributed by atoms with E-state index in [1.807, 2.05) is 6.92 Å². The van der Waals surface area contributed by atoms with Gasteiger partial charge in [-0.25, -0.2) is 4.98 Å². The predicted octanol–water partition coefficient (Wildman–Crippen LogP) is 2.47. The van der Waals surface area contributed by atoms with Crippen LogP contribution in [-0.2, 0) is 4.74 Å². The minimum absolute atomic E-state index is 0.251. The summed E-state index contributed by atoms with van der Waals surface area (Å²) in [6.07, 6.45) is 1.78. The highest BCUT2D eigenvalue weighted by molar-refractivity contribution is 6.33. The van der Waals surface area contributed by atoms with Crippen LogP contribution < -0.4 is 10.6 Å². The standard InChI is InChI=1S/C14H20ClN3O2/c1-3-7-16-11-5-4-10(15)12(17-11)13(19)18-14(2)6-8-20-9-14/h4-5H,3,6-9H2,1-2H3,(H,16,17)(H,18,19). The lowest BCUT2D eigenvalue weighted by molar-refractivity contribution is 0.0885. The Morgan fingerprint density at radius 3 is 3.00 bits per heavy atom. The van der Waals surface area contributed by atoms with Crippen molar-refractivity contribution in [2.75, 3.05) is 25.1 Å². The smallest absolute Gasteiger partial charge is 0.272 e. The molecule has 1 unspecified atom stereocenters. The number of halogens is 1. The van der Waals surface area contributed by atoms with Gasteiger partial charge in [-0.1, -0.05) is 18.5 Å². The molecule has 1 aliphatic heterocycles. The molecule has 110 valence electrons. The van der Waals surface area contributed by atoms with Gasteiger partial charge in [-0.2, -0.15) is 0 Å². The molecular formula is C14H20ClN3O2. The Morgan fingerprint density at radius 1 is 1.55 bits per heavy atom. The number of carbonyl (C=O) groups is 1. The van der Waals surface area contributed by atoms with Crippen LogP contribution in [0.15, 0.2) is 12.1 Å². The van der Waals surface area contributed by atoms with Crippen molar-refractivity contribution in [3.05, 3.63) is 22.8 Å². The van der Waals surface area contributed by atoms with Gasteiger partial charge in [0, 0.05) is 13.2 Å². The molecule has 2 N–H and O–H groups in total. The van der Waals surface area contributed by atoms with E-state index in [2.05, 4.69) is 22.5 Å². The molecule has 0 aromatic carbocycles. The Bertz CT molecular complexity index is 487. The van der Waals surface area contributed by atoms with E-state index in [1.54, 1.807) is 12.1 Å². The molecule has 1 aromatic rings. The normalized spacial score (nSPS) is 21.8. The Labute approximate surface area is 124 Å². The van der Waals surface area contributed by atoms with Crippen molar-refractivity contribution < 1.29 is 9.53 Å². The Balaban J connectivity index is 2.11. The van der Waals surface area contributed by atoms with E-state index in [0.717, 1.165) is 19.4 Å². The molecule has 1 aliphatic rings. The average Bonchev–Trinajstić information content (AvgIpc) is 2.84. The number of rotatable bonds is 5. The van der Waals surface area contributed by atoms with Crippen LogP contribution >= 0.6 is 11.6 Å². The molecule has 1 aromatic heterocycles. The zero-order valence-corrected chi connectivity index (χ0v) is 12.6. The van der Waals surface area contributed by atoms with Crippen LogP contribution in [-0.4, -0.2) is 36.2 Å². The number of carbonyl (C=O) groups excluding carboxylic acids is 1. The van der Waals surface area contributed by atoms with Gasteiger partial charge in [0.25, 0.3) is 5.91 Å². The molecule has 20 heavy (non-hydrogen) atoms. The van der Waals surface area contributed by atoms with E-state index in [9.17, 15) is 4.79 Å². The maximum atomic E-state index is 12.3. The molecule has 1 saturated heterocycles. The van der Waals surface area contributed by atoms with Gasteiger partial charge in [0.1, 0.15) is 11.5 Å². The zero-order valence-electron chi connectivity index (χ0n) is 11.8. The lowest BCUT2D eigenvalue weighted by atomic mass is 10.0. The van der Waals surface area contributed by atoms with E-state index in [-0.39, 0.29) is 17.1 Å². The number of amides is 1. The number of hydrogen-bond donors (Lipinski definition) is 2. The number of hydrogen-bond acceptors (Lipinski definition) is 4. The summed E-state index contributed by atoms with van der Waals surface area (Å²) in [5, 5.41) is 6.46. The summed E-state index contributed by atoms with van der Waals surface area (Å²) in [6.45, 7) is 6.02. The monoisotopic (exact) mass is 297 g/mol. The second-order valence-electron chi connectivity index (χ2n) is 5.27. The molecular weight excluding hydrogens is 278 g/mol. The van der Waals surface area contributed by atoms with Crippen molar-refractivity contribution in [3.63, 3.8) is 0 Å². The first kappa shape index (κ1) is 15.1. The number of anilines is 1. The first-order chi connectivity index (χ1) is 9.54. The highest BCUT2D eigenvalue weighted by atomic mass is 35.5. The third kappa shape index (κ3) is 3.61. The number of pyridine rings is 1. The van der Waals surface area contributed by atoms with Gasteiger partial charge in [-0.3, -0.25) is 4.79 Å². The van der Waals surface area contributed by atoms with E-state index in [0.29, 0.717) is 24.1 Å². The number of aromatic nitrogens is 1. The second-order valence-corrected chi connectivity index (χ2v) is 5.68. The van der Waals surface area contributed by atoms with Crippen LogP contribution in [0.3, 0.4) is 0 Å². The fraction of sp³-hybridized carbons (Fsp3) is 0.571. The third-order valence-electron chi connectivity index (χ3n) is 3.25. The van der Waals surface area contributed by atoms with Gasteiger partial charge < -0.3 is 15.4 Å². The highest BCUT2D eigenvalue weighted by Gasteiger charge is 2.32. The van der Waals surface area contributed by atoms with Crippen molar-refractivity contribution in [3.8, 4) is 0 Å². The van der Waals surface area contributed by atoms with Crippen molar-refractivity contribution >= 4 is 23.3 Å². The van der Waals surface area contributed by atoms with Crippen LogP contribution in [0.25, 0.3) is 0 Å². The van der Waals surface area contributed by atoms with Crippen LogP contribution in [0.4, 0.5) is 5.82 Å². The van der Waals surface area contributed by atoms with Crippen molar-refractivity contribution in [1.29, 1.82) is 0 Å². The first-order valence-corrected chi connectivity index (χ1v) is 7.22. The average molecular weight is 298 g/mol. The largest absolute Gasteiger partial charge is 0.379 e. The molecule has 2 heterocycles. The topological polar surface area (TPSA) is 63.2 Å². The molecule has 0 bridgehead atoms. The van der Waals surface area contributed by atoms with Crippen molar-refractivity contribution in [2.24, 2.45) is 0 Å². The highest BCUT2D eigenvalue weighted by Crippen LogP contribution is 2.21. The summed E-state index contributed by atoms with van der Waals surface area (Å²) >= 11 is 6.07. The van der Waals surface area contributed by atoms with Gasteiger partial charge >= 0.3 is 0 Å². The zero-order chi connectivity index (χ0) is 14.6. The van der Waals surface area contributed by atoms with E-state index < -0.39 is 0 Å². The minimum Gasteiger partial charge on any atom is -0.379 e. The molecule has 1 atom stereocenters. The summed E-state index contributed by atoms with van der Waals surface area (Å²) < 4.78 is 5.32. The van der Waals surface area contributed by atoms with Gasteiger partial charge in [0.15, 0.2) is 0 Å². The number of nitrogens with zero attached hydrogens (tertiary/aromatic N) is 1. The summed E-state index contributed by atoms with van der Waals surface area (Å²) in [7, 11) is 0. The molecule has 0 aliphatic carbocycles. The fourth-order valence-corrected chi connectivity index (χ4v) is 2.24. The molecule has 0 saturated carbocycles. The molecule has 0 radical (unpaired) electrons. The Kier molecular flexibility index (Phi) is 4.83. The first-order valence-electron chi connectivity index (χ1n) is 6.85. The lowest BCUT2D eigenvalue weighted by Crippen LogP contribution is -2.46. The van der Waals surface area contributed by atoms with Gasteiger partial charge in [-0.05, 0) is 31.9 Å². The maximum Gasteiger partial charge on any atom is 0.272 e. The Morgan fingerprint density at radius 2 is 2.35 bits per heavy atom. The van der Waals surface area contributed by atoms with Gasteiger partial charge in [0.05, 0.1) is 17.2 Å². The van der Waals surface area contributed by atoms with Gasteiger partial charge in [0.2, 0.25) is 0 Å². The molecule has 1 fully saturated rings. The van der Waals surface area contributed by atoms with Crippen LogP contribution in [0, 0.1) is 0 Å². The van der Waals surface area contributed by atoms with Gasteiger partial charge in [-0.15, -0.1) is 0 Å². The summed E-state index contributed by atoms with van der Waals surface area (Å²) in [4.78, 5) is 16.6. The minimum atomic E-state index is -0.338.